The summed E-state index contributed by atoms with van der Waals surface area (Å²) >= 11 is 0. The number of likely N-dealkylation sites (tertiary alicyclic amines) is 2. The SMILES string of the molecule is CC1CCN(C2CCC(NC(=O)C3CCN(C(C)C)CC3)CC2)CC1. The highest BCUT2D eigenvalue weighted by molar-refractivity contribution is 5.79. The first-order valence-corrected chi connectivity index (χ1v) is 10.8. The van der Waals surface area contributed by atoms with Crippen molar-refractivity contribution in [3.63, 3.8) is 0 Å². The van der Waals surface area contributed by atoms with Crippen LogP contribution in [0.1, 0.15) is 72.1 Å². The molecule has 1 amide bonds. The Morgan fingerprint density at radius 3 is 2.04 bits per heavy atom. The van der Waals surface area contributed by atoms with Gasteiger partial charge in [-0.2, -0.15) is 0 Å². The molecule has 4 heteroatoms. The van der Waals surface area contributed by atoms with Crippen molar-refractivity contribution in [2.45, 2.75) is 90.3 Å². The molecule has 0 spiro atoms. The molecule has 2 saturated heterocycles. The highest BCUT2D eigenvalue weighted by Crippen LogP contribution is 2.28. The number of amides is 1. The summed E-state index contributed by atoms with van der Waals surface area (Å²) in [7, 11) is 0. The number of hydrogen-bond donors (Lipinski definition) is 1. The minimum absolute atomic E-state index is 0.247. The van der Waals surface area contributed by atoms with Gasteiger partial charge in [0.15, 0.2) is 0 Å². The maximum Gasteiger partial charge on any atom is 0.223 e. The predicted molar refractivity (Wildman–Crippen MR) is 104 cm³/mol. The number of carbonyl (C=O) groups excluding carboxylic acids is 1. The van der Waals surface area contributed by atoms with Crippen LogP contribution >= 0.6 is 0 Å². The zero-order valence-corrected chi connectivity index (χ0v) is 16.7. The summed E-state index contributed by atoms with van der Waals surface area (Å²) in [5.74, 6) is 1.49. The molecule has 1 saturated carbocycles. The van der Waals surface area contributed by atoms with Gasteiger partial charge in [0.05, 0.1) is 0 Å². The second kappa shape index (κ2) is 8.85. The van der Waals surface area contributed by atoms with Gasteiger partial charge in [-0.05, 0) is 97.3 Å². The normalized spacial score (nSPS) is 31.4. The third-order valence-corrected chi connectivity index (χ3v) is 7.01. The van der Waals surface area contributed by atoms with Crippen molar-refractivity contribution < 1.29 is 4.79 Å². The summed E-state index contributed by atoms with van der Waals surface area (Å²) in [5, 5.41) is 3.39. The van der Waals surface area contributed by atoms with E-state index in [0.717, 1.165) is 37.9 Å². The van der Waals surface area contributed by atoms with Crippen molar-refractivity contribution in [1.82, 2.24) is 15.1 Å². The van der Waals surface area contributed by atoms with Crippen LogP contribution < -0.4 is 5.32 Å². The van der Waals surface area contributed by atoms with Crippen LogP contribution in [-0.2, 0) is 4.79 Å². The first-order valence-electron chi connectivity index (χ1n) is 10.8. The standard InChI is InChI=1S/C21H39N3O/c1-16(2)23-14-10-18(11-15-23)21(25)22-19-4-6-20(7-5-19)24-12-8-17(3)9-13-24/h16-20H,4-15H2,1-3H3,(H,22,25). The van der Waals surface area contributed by atoms with Gasteiger partial charge in [0.1, 0.15) is 0 Å². The van der Waals surface area contributed by atoms with Gasteiger partial charge in [0.2, 0.25) is 5.91 Å². The summed E-state index contributed by atoms with van der Waals surface area (Å²) in [6.45, 7) is 11.6. The molecule has 0 unspecified atom stereocenters. The second-order valence-corrected chi connectivity index (χ2v) is 9.14. The first kappa shape index (κ1) is 19.2. The number of carbonyl (C=O) groups is 1. The number of nitrogens with zero attached hydrogens (tertiary/aromatic N) is 2. The van der Waals surface area contributed by atoms with Crippen molar-refractivity contribution in [3.8, 4) is 0 Å². The van der Waals surface area contributed by atoms with Gasteiger partial charge in [0.25, 0.3) is 0 Å². The Bertz CT molecular complexity index is 415. The van der Waals surface area contributed by atoms with E-state index in [2.05, 4.69) is 35.9 Å². The molecule has 2 heterocycles. The Labute approximate surface area is 154 Å². The molecule has 0 atom stereocenters. The van der Waals surface area contributed by atoms with E-state index in [0.29, 0.717) is 18.0 Å². The Morgan fingerprint density at radius 2 is 1.48 bits per heavy atom. The zero-order valence-electron chi connectivity index (χ0n) is 16.7. The quantitative estimate of drug-likeness (QED) is 0.846. The lowest BCUT2D eigenvalue weighted by atomic mass is 9.87. The monoisotopic (exact) mass is 349 g/mol. The summed E-state index contributed by atoms with van der Waals surface area (Å²) in [6, 6.07) is 1.81. The van der Waals surface area contributed by atoms with Gasteiger partial charge in [-0.1, -0.05) is 6.92 Å². The van der Waals surface area contributed by atoms with Crippen LogP contribution in [0, 0.1) is 11.8 Å². The molecule has 25 heavy (non-hydrogen) atoms. The summed E-state index contributed by atoms with van der Waals surface area (Å²) < 4.78 is 0. The summed E-state index contributed by atoms with van der Waals surface area (Å²) in [6.07, 6.45) is 9.69. The van der Waals surface area contributed by atoms with Gasteiger partial charge in [-0.15, -0.1) is 0 Å². The highest BCUT2D eigenvalue weighted by atomic mass is 16.1. The van der Waals surface area contributed by atoms with Gasteiger partial charge in [-0.3, -0.25) is 4.79 Å². The molecule has 1 N–H and O–H groups in total. The van der Waals surface area contributed by atoms with Gasteiger partial charge in [-0.25, -0.2) is 0 Å². The lowest BCUT2D eigenvalue weighted by Gasteiger charge is -2.40. The van der Waals surface area contributed by atoms with E-state index in [1.54, 1.807) is 0 Å². The smallest absolute Gasteiger partial charge is 0.223 e. The molecular formula is C21H39N3O. The first-order chi connectivity index (χ1) is 12.0. The lowest BCUT2D eigenvalue weighted by Crippen LogP contribution is -2.48. The largest absolute Gasteiger partial charge is 0.353 e. The van der Waals surface area contributed by atoms with E-state index in [1.807, 2.05) is 0 Å². The van der Waals surface area contributed by atoms with Crippen LogP contribution in [0.3, 0.4) is 0 Å². The number of nitrogens with one attached hydrogen (secondary N) is 1. The Hall–Kier alpha value is -0.610. The van der Waals surface area contributed by atoms with Crippen LogP contribution in [-0.4, -0.2) is 60.0 Å². The number of hydrogen-bond acceptors (Lipinski definition) is 3. The molecule has 0 bridgehead atoms. The maximum absolute atomic E-state index is 12.6. The third kappa shape index (κ3) is 5.19. The van der Waals surface area contributed by atoms with Gasteiger partial charge >= 0.3 is 0 Å². The molecule has 2 aliphatic heterocycles. The van der Waals surface area contributed by atoms with Crippen LogP contribution in [0.15, 0.2) is 0 Å². The molecule has 0 aromatic rings. The van der Waals surface area contributed by atoms with Crippen molar-refractivity contribution in [1.29, 1.82) is 0 Å². The molecule has 4 nitrogen and oxygen atoms in total. The summed E-state index contributed by atoms with van der Waals surface area (Å²) in [5.41, 5.74) is 0. The maximum atomic E-state index is 12.6. The second-order valence-electron chi connectivity index (χ2n) is 9.14. The molecule has 0 aromatic heterocycles. The minimum atomic E-state index is 0.247. The van der Waals surface area contributed by atoms with Crippen LogP contribution in [0.25, 0.3) is 0 Å². The highest BCUT2D eigenvalue weighted by Gasteiger charge is 2.31. The fourth-order valence-electron chi connectivity index (χ4n) is 4.98. The average molecular weight is 350 g/mol. The van der Waals surface area contributed by atoms with Crippen molar-refractivity contribution in [3.05, 3.63) is 0 Å². The number of piperidine rings is 2. The van der Waals surface area contributed by atoms with E-state index < -0.39 is 0 Å². The fourth-order valence-corrected chi connectivity index (χ4v) is 4.98. The molecule has 0 radical (unpaired) electrons. The summed E-state index contributed by atoms with van der Waals surface area (Å²) in [4.78, 5) is 17.8. The predicted octanol–water partition coefficient (Wildman–Crippen LogP) is 3.27. The number of rotatable bonds is 4. The van der Waals surface area contributed by atoms with Gasteiger partial charge in [0, 0.05) is 24.0 Å². The average Bonchev–Trinajstić information content (AvgIpc) is 2.63. The molecule has 3 aliphatic rings. The van der Waals surface area contributed by atoms with E-state index in [1.165, 1.54) is 51.6 Å². The topological polar surface area (TPSA) is 35.6 Å². The van der Waals surface area contributed by atoms with E-state index in [-0.39, 0.29) is 5.92 Å². The van der Waals surface area contributed by atoms with E-state index in [9.17, 15) is 4.79 Å². The van der Waals surface area contributed by atoms with Crippen molar-refractivity contribution in [2.24, 2.45) is 11.8 Å². The molecule has 144 valence electrons. The third-order valence-electron chi connectivity index (χ3n) is 7.01. The Morgan fingerprint density at radius 1 is 0.880 bits per heavy atom. The van der Waals surface area contributed by atoms with Crippen LogP contribution in [0.4, 0.5) is 0 Å². The van der Waals surface area contributed by atoms with Crippen molar-refractivity contribution in [2.75, 3.05) is 26.2 Å². The van der Waals surface area contributed by atoms with E-state index in [4.69, 9.17) is 0 Å². The zero-order chi connectivity index (χ0) is 17.8. The molecule has 3 rings (SSSR count). The van der Waals surface area contributed by atoms with Gasteiger partial charge < -0.3 is 15.1 Å². The van der Waals surface area contributed by atoms with Crippen LogP contribution in [0.5, 0.6) is 0 Å². The Kier molecular flexibility index (Phi) is 6.79. The molecule has 3 fully saturated rings. The molecular weight excluding hydrogens is 310 g/mol. The molecule has 1 aliphatic carbocycles. The molecule has 0 aromatic carbocycles. The van der Waals surface area contributed by atoms with Crippen LogP contribution in [0.2, 0.25) is 0 Å². The Balaban J connectivity index is 1.37. The fraction of sp³-hybridized carbons (Fsp3) is 0.952. The van der Waals surface area contributed by atoms with Crippen molar-refractivity contribution >= 4 is 5.91 Å². The lowest BCUT2D eigenvalue weighted by molar-refractivity contribution is -0.127. The minimum Gasteiger partial charge on any atom is -0.353 e. The van der Waals surface area contributed by atoms with E-state index >= 15 is 0 Å².